The number of nitrogens with one attached hydrogen (secondary N) is 1. The SMILES string of the molecule is Cc1ccc(N(C)C[C@H](NC(=O)OCC2c3ccccc3-c3ccccc32)C(=O)O)cc1. The van der Waals surface area contributed by atoms with E-state index in [0.717, 1.165) is 33.5 Å². The molecule has 0 saturated carbocycles. The summed E-state index contributed by atoms with van der Waals surface area (Å²) >= 11 is 0. The zero-order valence-corrected chi connectivity index (χ0v) is 18.1. The summed E-state index contributed by atoms with van der Waals surface area (Å²) in [6.45, 7) is 2.24. The highest BCUT2D eigenvalue weighted by Crippen LogP contribution is 2.44. The van der Waals surface area contributed by atoms with Crippen molar-refractivity contribution >= 4 is 17.7 Å². The highest BCUT2D eigenvalue weighted by molar-refractivity contribution is 5.81. The van der Waals surface area contributed by atoms with Crippen molar-refractivity contribution in [3.63, 3.8) is 0 Å². The molecule has 1 aliphatic carbocycles. The van der Waals surface area contributed by atoms with E-state index >= 15 is 0 Å². The summed E-state index contributed by atoms with van der Waals surface area (Å²) in [6.07, 6.45) is -0.739. The molecule has 0 saturated heterocycles. The lowest BCUT2D eigenvalue weighted by Crippen LogP contribution is -2.48. The number of carbonyl (C=O) groups is 2. The first-order valence-electron chi connectivity index (χ1n) is 10.6. The van der Waals surface area contributed by atoms with Crippen molar-refractivity contribution in [2.75, 3.05) is 25.1 Å². The minimum absolute atomic E-state index is 0.0772. The number of aliphatic carboxylic acids is 1. The number of benzene rings is 3. The molecule has 0 radical (unpaired) electrons. The third-order valence-corrected chi connectivity index (χ3v) is 5.87. The van der Waals surface area contributed by atoms with Crippen LogP contribution in [0.1, 0.15) is 22.6 Å². The van der Waals surface area contributed by atoms with Gasteiger partial charge in [-0.15, -0.1) is 0 Å². The number of aryl methyl sites for hydroxylation is 1. The molecule has 0 unspecified atom stereocenters. The van der Waals surface area contributed by atoms with E-state index in [1.54, 1.807) is 11.9 Å². The summed E-state index contributed by atoms with van der Waals surface area (Å²) in [5.74, 6) is -1.19. The largest absolute Gasteiger partial charge is 0.480 e. The molecule has 0 fully saturated rings. The van der Waals surface area contributed by atoms with Crippen molar-refractivity contribution in [2.24, 2.45) is 0 Å². The predicted molar refractivity (Wildman–Crippen MR) is 124 cm³/mol. The zero-order chi connectivity index (χ0) is 22.7. The van der Waals surface area contributed by atoms with Gasteiger partial charge in [0, 0.05) is 25.2 Å². The number of carboxylic acid groups (broad SMARTS) is 1. The summed E-state index contributed by atoms with van der Waals surface area (Å²) in [4.78, 5) is 26.0. The van der Waals surface area contributed by atoms with Crippen molar-refractivity contribution in [3.05, 3.63) is 89.5 Å². The fourth-order valence-corrected chi connectivity index (χ4v) is 4.15. The van der Waals surface area contributed by atoms with Gasteiger partial charge in [-0.1, -0.05) is 66.2 Å². The van der Waals surface area contributed by atoms with Crippen LogP contribution in [0.3, 0.4) is 0 Å². The molecule has 6 nitrogen and oxygen atoms in total. The summed E-state index contributed by atoms with van der Waals surface area (Å²) in [6, 6.07) is 22.8. The molecule has 0 spiro atoms. The van der Waals surface area contributed by atoms with E-state index in [1.807, 2.05) is 67.6 Å². The predicted octanol–water partition coefficient (Wildman–Crippen LogP) is 4.42. The molecule has 0 aliphatic heterocycles. The van der Waals surface area contributed by atoms with E-state index in [9.17, 15) is 14.7 Å². The first kappa shape index (κ1) is 21.4. The fourth-order valence-electron chi connectivity index (χ4n) is 4.15. The van der Waals surface area contributed by atoms with Gasteiger partial charge >= 0.3 is 12.1 Å². The Hall–Kier alpha value is -3.80. The molecule has 32 heavy (non-hydrogen) atoms. The lowest BCUT2D eigenvalue weighted by molar-refractivity contribution is -0.139. The Labute approximate surface area is 187 Å². The van der Waals surface area contributed by atoms with Crippen LogP contribution in [0, 0.1) is 6.92 Å². The van der Waals surface area contributed by atoms with Gasteiger partial charge in [-0.3, -0.25) is 0 Å². The van der Waals surface area contributed by atoms with Crippen LogP contribution in [0.25, 0.3) is 11.1 Å². The molecule has 1 aliphatic rings. The number of amides is 1. The minimum Gasteiger partial charge on any atom is -0.480 e. The summed E-state index contributed by atoms with van der Waals surface area (Å²) in [5, 5.41) is 12.1. The zero-order valence-electron chi connectivity index (χ0n) is 18.1. The Morgan fingerprint density at radius 1 is 0.969 bits per heavy atom. The minimum atomic E-state index is -1.11. The van der Waals surface area contributed by atoms with Gasteiger partial charge in [0.1, 0.15) is 12.6 Å². The van der Waals surface area contributed by atoms with Gasteiger partial charge in [0.2, 0.25) is 0 Å². The van der Waals surface area contributed by atoms with Crippen LogP contribution in [-0.4, -0.2) is 43.4 Å². The molecule has 1 atom stereocenters. The van der Waals surface area contributed by atoms with Crippen molar-refractivity contribution in [1.29, 1.82) is 0 Å². The van der Waals surface area contributed by atoms with Gasteiger partial charge in [-0.2, -0.15) is 0 Å². The van der Waals surface area contributed by atoms with E-state index < -0.39 is 18.1 Å². The maximum absolute atomic E-state index is 12.5. The van der Waals surface area contributed by atoms with Crippen LogP contribution in [0.15, 0.2) is 72.8 Å². The van der Waals surface area contributed by atoms with Crippen LogP contribution in [-0.2, 0) is 9.53 Å². The number of carboxylic acids is 1. The van der Waals surface area contributed by atoms with Gasteiger partial charge in [0.15, 0.2) is 0 Å². The van der Waals surface area contributed by atoms with Crippen LogP contribution >= 0.6 is 0 Å². The first-order valence-corrected chi connectivity index (χ1v) is 10.6. The maximum Gasteiger partial charge on any atom is 0.407 e. The molecule has 164 valence electrons. The molecule has 0 aromatic heterocycles. The normalized spacial score (nSPS) is 13.1. The number of carbonyl (C=O) groups excluding carboxylic acids is 1. The molecular formula is C26H26N2O4. The smallest absolute Gasteiger partial charge is 0.407 e. The maximum atomic E-state index is 12.5. The van der Waals surface area contributed by atoms with Crippen LogP contribution in [0.5, 0.6) is 0 Å². The van der Waals surface area contributed by atoms with E-state index in [0.29, 0.717) is 0 Å². The van der Waals surface area contributed by atoms with Crippen LogP contribution < -0.4 is 10.2 Å². The standard InChI is InChI=1S/C26H26N2O4/c1-17-11-13-18(14-12-17)28(2)15-24(25(29)30)27-26(31)32-16-23-21-9-5-3-7-19(21)20-8-4-6-10-22(20)23/h3-14,23-24H,15-16H2,1-2H3,(H,27,31)(H,29,30)/t24-/m0/s1. The quantitative estimate of drug-likeness (QED) is 0.580. The monoisotopic (exact) mass is 430 g/mol. The van der Waals surface area contributed by atoms with Crippen molar-refractivity contribution in [1.82, 2.24) is 5.32 Å². The van der Waals surface area contributed by atoms with Gasteiger partial charge < -0.3 is 20.1 Å². The summed E-state index contributed by atoms with van der Waals surface area (Å²) in [5.41, 5.74) is 6.48. The number of hydrogen-bond donors (Lipinski definition) is 2. The van der Waals surface area contributed by atoms with Crippen molar-refractivity contribution in [3.8, 4) is 11.1 Å². The number of ether oxygens (including phenoxy) is 1. The van der Waals surface area contributed by atoms with Crippen molar-refractivity contribution in [2.45, 2.75) is 18.9 Å². The van der Waals surface area contributed by atoms with E-state index in [-0.39, 0.29) is 19.1 Å². The lowest BCUT2D eigenvalue weighted by Gasteiger charge is -2.24. The Morgan fingerprint density at radius 3 is 2.09 bits per heavy atom. The molecule has 1 amide bonds. The second-order valence-electron chi connectivity index (χ2n) is 8.08. The average molecular weight is 431 g/mol. The van der Waals surface area contributed by atoms with Crippen LogP contribution in [0.2, 0.25) is 0 Å². The summed E-state index contributed by atoms with van der Waals surface area (Å²) < 4.78 is 5.49. The summed E-state index contributed by atoms with van der Waals surface area (Å²) in [7, 11) is 1.79. The molecule has 3 aromatic carbocycles. The van der Waals surface area contributed by atoms with Crippen LogP contribution in [0.4, 0.5) is 10.5 Å². The highest BCUT2D eigenvalue weighted by Gasteiger charge is 2.30. The van der Waals surface area contributed by atoms with Gasteiger partial charge in [-0.25, -0.2) is 9.59 Å². The average Bonchev–Trinajstić information content (AvgIpc) is 3.11. The molecular weight excluding hydrogens is 404 g/mol. The second-order valence-corrected chi connectivity index (χ2v) is 8.08. The Morgan fingerprint density at radius 2 is 1.53 bits per heavy atom. The van der Waals surface area contributed by atoms with Gasteiger partial charge in [0.05, 0.1) is 0 Å². The Bertz CT molecular complexity index is 1080. The number of fused-ring (bicyclic) bond motifs is 3. The lowest BCUT2D eigenvalue weighted by atomic mass is 9.98. The number of likely N-dealkylation sites (N-methyl/N-ethyl adjacent to an activating group) is 1. The molecule has 3 aromatic rings. The second kappa shape index (κ2) is 9.14. The third kappa shape index (κ3) is 4.44. The topological polar surface area (TPSA) is 78.9 Å². The molecule has 0 bridgehead atoms. The van der Waals surface area contributed by atoms with E-state index in [2.05, 4.69) is 17.4 Å². The number of hydrogen-bond acceptors (Lipinski definition) is 4. The number of alkyl carbamates (subject to hydrolysis) is 1. The fraction of sp³-hybridized carbons (Fsp3) is 0.231. The third-order valence-electron chi connectivity index (χ3n) is 5.87. The van der Waals surface area contributed by atoms with Gasteiger partial charge in [-0.05, 0) is 41.3 Å². The van der Waals surface area contributed by atoms with E-state index in [4.69, 9.17) is 4.74 Å². The molecule has 6 heteroatoms. The molecule has 4 rings (SSSR count). The Balaban J connectivity index is 1.40. The highest BCUT2D eigenvalue weighted by atomic mass is 16.5. The molecule has 0 heterocycles. The number of rotatable bonds is 7. The Kier molecular flexibility index (Phi) is 6.12. The number of nitrogens with zero attached hydrogens (tertiary/aromatic N) is 1. The van der Waals surface area contributed by atoms with Crippen molar-refractivity contribution < 1.29 is 19.4 Å². The number of anilines is 1. The van der Waals surface area contributed by atoms with Gasteiger partial charge in [0.25, 0.3) is 0 Å². The molecule has 2 N–H and O–H groups in total. The first-order chi connectivity index (χ1) is 15.4. The van der Waals surface area contributed by atoms with E-state index in [1.165, 1.54) is 0 Å².